The lowest BCUT2D eigenvalue weighted by atomic mass is 9.97. The monoisotopic (exact) mass is 220 g/mol. The van der Waals surface area contributed by atoms with E-state index < -0.39 is 11.2 Å². The Morgan fingerprint density at radius 3 is 2.19 bits per heavy atom. The zero-order valence-corrected chi connectivity index (χ0v) is 10.0. The lowest BCUT2D eigenvalue weighted by Crippen LogP contribution is -2.19. The van der Waals surface area contributed by atoms with Gasteiger partial charge in [0.2, 0.25) is 0 Å². The van der Waals surface area contributed by atoms with E-state index in [1.807, 2.05) is 26.0 Å². The molecule has 0 unspecified atom stereocenters. The summed E-state index contributed by atoms with van der Waals surface area (Å²) >= 11 is 0. The van der Waals surface area contributed by atoms with Gasteiger partial charge in [0.15, 0.2) is 0 Å². The Hall–Kier alpha value is -0.860. The third-order valence-electron chi connectivity index (χ3n) is 3.24. The van der Waals surface area contributed by atoms with Crippen LogP contribution in [0, 0.1) is 0 Å². The molecule has 0 aliphatic heterocycles. The minimum atomic E-state index is -0.604. The van der Waals surface area contributed by atoms with Crippen LogP contribution in [-0.4, -0.2) is 15.8 Å². The minimum Gasteiger partial charge on any atom is -0.390 e. The topological polar surface area (TPSA) is 40.5 Å². The van der Waals surface area contributed by atoms with Crippen molar-refractivity contribution in [2.75, 3.05) is 0 Å². The van der Waals surface area contributed by atoms with E-state index in [0.717, 1.165) is 31.2 Å². The third-order valence-corrected chi connectivity index (χ3v) is 3.24. The number of benzene rings is 1. The first-order chi connectivity index (χ1) is 7.39. The van der Waals surface area contributed by atoms with Crippen LogP contribution in [0.2, 0.25) is 0 Å². The molecular formula is C14H20O2. The average Bonchev–Trinajstić information content (AvgIpc) is 2.95. The van der Waals surface area contributed by atoms with E-state index in [1.165, 1.54) is 5.56 Å². The van der Waals surface area contributed by atoms with Gasteiger partial charge < -0.3 is 10.2 Å². The summed E-state index contributed by atoms with van der Waals surface area (Å²) in [5.41, 5.74) is 1.11. The van der Waals surface area contributed by atoms with Gasteiger partial charge in [0.05, 0.1) is 11.2 Å². The summed E-state index contributed by atoms with van der Waals surface area (Å²) in [6.45, 7) is 3.66. The van der Waals surface area contributed by atoms with Crippen molar-refractivity contribution in [3.05, 3.63) is 35.4 Å². The Labute approximate surface area is 96.9 Å². The van der Waals surface area contributed by atoms with Crippen molar-refractivity contribution in [2.24, 2.45) is 0 Å². The van der Waals surface area contributed by atoms with Crippen molar-refractivity contribution < 1.29 is 10.2 Å². The molecule has 0 atom stereocenters. The van der Waals surface area contributed by atoms with Gasteiger partial charge in [-0.05, 0) is 50.7 Å². The number of aryl methyl sites for hydroxylation is 1. The molecule has 1 aromatic carbocycles. The molecule has 1 aliphatic rings. The van der Waals surface area contributed by atoms with Gasteiger partial charge in [0, 0.05) is 0 Å². The number of hydrogen-bond acceptors (Lipinski definition) is 2. The Morgan fingerprint density at radius 1 is 1.19 bits per heavy atom. The van der Waals surface area contributed by atoms with Crippen LogP contribution in [0.25, 0.3) is 0 Å². The summed E-state index contributed by atoms with van der Waals surface area (Å²) in [4.78, 5) is 0. The maximum absolute atomic E-state index is 9.91. The highest BCUT2D eigenvalue weighted by Crippen LogP contribution is 2.45. The highest BCUT2D eigenvalue weighted by molar-refractivity contribution is 5.30. The predicted molar refractivity (Wildman–Crippen MR) is 64.2 cm³/mol. The van der Waals surface area contributed by atoms with Crippen molar-refractivity contribution in [2.45, 2.75) is 50.7 Å². The predicted octanol–water partition coefficient (Wildman–Crippen LogP) is 2.37. The fraction of sp³-hybridized carbons (Fsp3) is 0.571. The van der Waals surface area contributed by atoms with Crippen LogP contribution in [0.1, 0.15) is 44.2 Å². The second-order valence-corrected chi connectivity index (χ2v) is 5.54. The second kappa shape index (κ2) is 3.86. The number of aliphatic hydroxyl groups is 2. The molecule has 0 spiro atoms. The van der Waals surface area contributed by atoms with Crippen LogP contribution in [0.5, 0.6) is 0 Å². The average molecular weight is 220 g/mol. The highest BCUT2D eigenvalue weighted by Gasteiger charge is 2.41. The van der Waals surface area contributed by atoms with E-state index in [2.05, 4.69) is 12.1 Å². The summed E-state index contributed by atoms with van der Waals surface area (Å²) < 4.78 is 0. The van der Waals surface area contributed by atoms with E-state index >= 15 is 0 Å². The SMILES string of the molecule is CC(C)(O)CCc1ccc(C2(O)CC2)cc1. The Morgan fingerprint density at radius 2 is 1.75 bits per heavy atom. The summed E-state index contributed by atoms with van der Waals surface area (Å²) in [6.07, 6.45) is 3.41. The van der Waals surface area contributed by atoms with Gasteiger partial charge in [-0.2, -0.15) is 0 Å². The van der Waals surface area contributed by atoms with Crippen molar-refractivity contribution in [1.82, 2.24) is 0 Å². The van der Waals surface area contributed by atoms with Gasteiger partial charge in [-0.3, -0.25) is 0 Å². The fourth-order valence-electron chi connectivity index (χ4n) is 1.84. The summed E-state index contributed by atoms with van der Waals surface area (Å²) in [6, 6.07) is 8.12. The molecule has 0 heterocycles. The Balaban J connectivity index is 1.97. The minimum absolute atomic E-state index is 0.533. The molecule has 2 rings (SSSR count). The molecule has 88 valence electrons. The first kappa shape index (κ1) is 11.6. The molecule has 1 saturated carbocycles. The van der Waals surface area contributed by atoms with Crippen molar-refractivity contribution in [3.63, 3.8) is 0 Å². The van der Waals surface area contributed by atoms with Crippen LogP contribution in [0.4, 0.5) is 0 Å². The van der Waals surface area contributed by atoms with Crippen LogP contribution in [0.15, 0.2) is 24.3 Å². The van der Waals surface area contributed by atoms with Crippen molar-refractivity contribution in [3.8, 4) is 0 Å². The summed E-state index contributed by atoms with van der Waals surface area (Å²) in [5.74, 6) is 0. The fourth-order valence-corrected chi connectivity index (χ4v) is 1.84. The van der Waals surface area contributed by atoms with Crippen LogP contribution < -0.4 is 0 Å². The van der Waals surface area contributed by atoms with E-state index in [1.54, 1.807) is 0 Å². The molecule has 0 saturated heterocycles. The second-order valence-electron chi connectivity index (χ2n) is 5.54. The lowest BCUT2D eigenvalue weighted by Gasteiger charge is -2.17. The van der Waals surface area contributed by atoms with Gasteiger partial charge >= 0.3 is 0 Å². The molecule has 2 heteroatoms. The first-order valence-corrected chi connectivity index (χ1v) is 5.93. The first-order valence-electron chi connectivity index (χ1n) is 5.93. The van der Waals surface area contributed by atoms with Gasteiger partial charge in [-0.15, -0.1) is 0 Å². The molecule has 0 amide bonds. The maximum Gasteiger partial charge on any atom is 0.0899 e. The summed E-state index contributed by atoms with van der Waals surface area (Å²) in [5, 5.41) is 19.5. The molecule has 1 aromatic rings. The van der Waals surface area contributed by atoms with Crippen molar-refractivity contribution >= 4 is 0 Å². The van der Waals surface area contributed by atoms with E-state index in [0.29, 0.717) is 0 Å². The number of hydrogen-bond donors (Lipinski definition) is 2. The zero-order chi connectivity index (χ0) is 11.8. The zero-order valence-electron chi connectivity index (χ0n) is 10.0. The molecule has 2 nitrogen and oxygen atoms in total. The Bertz CT molecular complexity index is 355. The normalized spacial score (nSPS) is 18.5. The van der Waals surface area contributed by atoms with Crippen molar-refractivity contribution in [1.29, 1.82) is 0 Å². The molecule has 1 fully saturated rings. The summed E-state index contributed by atoms with van der Waals surface area (Å²) in [7, 11) is 0. The van der Waals surface area contributed by atoms with Gasteiger partial charge in [-0.1, -0.05) is 24.3 Å². The largest absolute Gasteiger partial charge is 0.390 e. The van der Waals surface area contributed by atoms with E-state index in [-0.39, 0.29) is 0 Å². The quantitative estimate of drug-likeness (QED) is 0.818. The van der Waals surface area contributed by atoms with Crippen LogP contribution in [-0.2, 0) is 12.0 Å². The van der Waals surface area contributed by atoms with E-state index in [4.69, 9.17) is 0 Å². The van der Waals surface area contributed by atoms with Crippen LogP contribution in [0.3, 0.4) is 0 Å². The highest BCUT2D eigenvalue weighted by atomic mass is 16.3. The molecule has 1 aliphatic carbocycles. The van der Waals surface area contributed by atoms with Gasteiger partial charge in [0.25, 0.3) is 0 Å². The molecular weight excluding hydrogens is 200 g/mol. The molecule has 16 heavy (non-hydrogen) atoms. The van der Waals surface area contributed by atoms with Gasteiger partial charge in [-0.25, -0.2) is 0 Å². The van der Waals surface area contributed by atoms with Crippen LogP contribution >= 0.6 is 0 Å². The molecule has 0 radical (unpaired) electrons. The smallest absolute Gasteiger partial charge is 0.0899 e. The lowest BCUT2D eigenvalue weighted by molar-refractivity contribution is 0.0714. The standard InChI is InChI=1S/C14H20O2/c1-13(2,15)8-7-11-3-5-12(6-4-11)14(16)9-10-14/h3-6,15-16H,7-10H2,1-2H3. The molecule has 0 aromatic heterocycles. The Kier molecular flexibility index (Phi) is 2.81. The third kappa shape index (κ3) is 2.83. The van der Waals surface area contributed by atoms with E-state index in [9.17, 15) is 10.2 Å². The van der Waals surface area contributed by atoms with Gasteiger partial charge in [0.1, 0.15) is 0 Å². The molecule has 0 bridgehead atoms. The molecule has 2 N–H and O–H groups in total. The number of rotatable bonds is 4. The maximum atomic E-state index is 9.91.